The van der Waals surface area contributed by atoms with Crippen molar-refractivity contribution in [3.05, 3.63) is 17.8 Å². The van der Waals surface area contributed by atoms with Crippen LogP contribution in [0.2, 0.25) is 0 Å². The molecule has 100 valence electrons. The van der Waals surface area contributed by atoms with Gasteiger partial charge in [0, 0.05) is 20.2 Å². The van der Waals surface area contributed by atoms with Crippen molar-refractivity contribution in [2.75, 3.05) is 25.5 Å². The number of carbonyl (C=O) groups is 1. The standard InChI is InChI=1S/C12H20N4O2/c1-5-18-12(2,3)8-14-11(17)9-6-7-10(13-4)16-15-9/h6-7H,5,8H2,1-4H3,(H,13,16)(H,14,17). The molecule has 1 aromatic rings. The van der Waals surface area contributed by atoms with E-state index in [1.807, 2.05) is 20.8 Å². The monoisotopic (exact) mass is 252 g/mol. The number of hydrogen-bond acceptors (Lipinski definition) is 5. The van der Waals surface area contributed by atoms with E-state index in [2.05, 4.69) is 20.8 Å². The number of ether oxygens (including phenoxy) is 1. The van der Waals surface area contributed by atoms with E-state index >= 15 is 0 Å². The predicted octanol–water partition coefficient (Wildman–Crippen LogP) is 1.06. The molecule has 6 heteroatoms. The Kier molecular flexibility index (Phi) is 5.03. The average molecular weight is 252 g/mol. The topological polar surface area (TPSA) is 76.1 Å². The molecule has 0 aliphatic rings. The van der Waals surface area contributed by atoms with Gasteiger partial charge in [-0.05, 0) is 32.9 Å². The Morgan fingerprint density at radius 2 is 2.11 bits per heavy atom. The maximum Gasteiger partial charge on any atom is 0.271 e. The summed E-state index contributed by atoms with van der Waals surface area (Å²) in [5.41, 5.74) is -0.0933. The highest BCUT2D eigenvalue weighted by Gasteiger charge is 2.19. The van der Waals surface area contributed by atoms with E-state index in [9.17, 15) is 4.79 Å². The highest BCUT2D eigenvalue weighted by molar-refractivity contribution is 5.92. The predicted molar refractivity (Wildman–Crippen MR) is 69.6 cm³/mol. The molecule has 1 amide bonds. The average Bonchev–Trinajstić information content (AvgIpc) is 2.36. The molecule has 1 rings (SSSR count). The van der Waals surface area contributed by atoms with Gasteiger partial charge in [0.05, 0.1) is 5.60 Å². The fraction of sp³-hybridized carbons (Fsp3) is 0.583. The number of amides is 1. The molecule has 0 spiro atoms. The number of aromatic nitrogens is 2. The van der Waals surface area contributed by atoms with E-state index in [0.717, 1.165) is 0 Å². The first kappa shape index (κ1) is 14.4. The van der Waals surface area contributed by atoms with Crippen molar-refractivity contribution in [1.29, 1.82) is 0 Å². The molecular formula is C12H20N4O2. The van der Waals surface area contributed by atoms with E-state index in [1.54, 1.807) is 19.2 Å². The van der Waals surface area contributed by atoms with Crippen LogP contribution in [0.5, 0.6) is 0 Å². The van der Waals surface area contributed by atoms with Gasteiger partial charge in [0.1, 0.15) is 5.82 Å². The number of anilines is 1. The molecule has 0 aliphatic heterocycles. The van der Waals surface area contributed by atoms with Gasteiger partial charge < -0.3 is 15.4 Å². The molecule has 1 aromatic heterocycles. The van der Waals surface area contributed by atoms with Crippen molar-refractivity contribution in [2.45, 2.75) is 26.4 Å². The zero-order chi connectivity index (χ0) is 13.6. The molecule has 0 fully saturated rings. The molecule has 18 heavy (non-hydrogen) atoms. The van der Waals surface area contributed by atoms with Crippen molar-refractivity contribution in [2.24, 2.45) is 0 Å². The van der Waals surface area contributed by atoms with Crippen molar-refractivity contribution in [3.8, 4) is 0 Å². The molecule has 0 unspecified atom stereocenters. The zero-order valence-corrected chi connectivity index (χ0v) is 11.3. The second kappa shape index (κ2) is 6.30. The van der Waals surface area contributed by atoms with E-state index in [4.69, 9.17) is 4.74 Å². The van der Waals surface area contributed by atoms with Gasteiger partial charge in [-0.15, -0.1) is 10.2 Å². The third-order valence-corrected chi connectivity index (χ3v) is 2.36. The fourth-order valence-corrected chi connectivity index (χ4v) is 1.41. The normalized spacial score (nSPS) is 11.1. The first-order chi connectivity index (χ1) is 8.48. The second-order valence-electron chi connectivity index (χ2n) is 4.43. The maximum atomic E-state index is 11.8. The number of nitrogens with one attached hydrogen (secondary N) is 2. The maximum absolute atomic E-state index is 11.8. The molecule has 0 radical (unpaired) electrons. The Bertz CT molecular complexity index is 390. The number of rotatable bonds is 6. The summed E-state index contributed by atoms with van der Waals surface area (Å²) in [6, 6.07) is 3.33. The van der Waals surface area contributed by atoms with Gasteiger partial charge in [0.25, 0.3) is 5.91 Å². The molecule has 0 aliphatic carbocycles. The van der Waals surface area contributed by atoms with E-state index < -0.39 is 0 Å². The lowest BCUT2D eigenvalue weighted by molar-refractivity contribution is -0.00819. The van der Waals surface area contributed by atoms with E-state index in [1.165, 1.54) is 0 Å². The minimum Gasteiger partial charge on any atom is -0.374 e. The van der Waals surface area contributed by atoms with Crippen LogP contribution in [0.3, 0.4) is 0 Å². The van der Waals surface area contributed by atoms with Gasteiger partial charge in [0.15, 0.2) is 5.69 Å². The molecule has 0 bridgehead atoms. The minimum atomic E-state index is -0.386. The first-order valence-corrected chi connectivity index (χ1v) is 5.92. The van der Waals surface area contributed by atoms with Crippen LogP contribution in [0.1, 0.15) is 31.3 Å². The summed E-state index contributed by atoms with van der Waals surface area (Å²) < 4.78 is 5.49. The van der Waals surface area contributed by atoms with Crippen LogP contribution in [0.15, 0.2) is 12.1 Å². The molecule has 0 saturated carbocycles. The molecule has 1 heterocycles. The molecular weight excluding hydrogens is 232 g/mol. The van der Waals surface area contributed by atoms with Crippen LogP contribution in [0, 0.1) is 0 Å². The summed E-state index contributed by atoms with van der Waals surface area (Å²) in [7, 11) is 1.74. The highest BCUT2D eigenvalue weighted by atomic mass is 16.5. The lowest BCUT2D eigenvalue weighted by atomic mass is 10.1. The van der Waals surface area contributed by atoms with Crippen molar-refractivity contribution in [1.82, 2.24) is 15.5 Å². The quantitative estimate of drug-likeness (QED) is 0.792. The van der Waals surface area contributed by atoms with Gasteiger partial charge in [-0.3, -0.25) is 4.79 Å². The van der Waals surface area contributed by atoms with Crippen LogP contribution in [0.25, 0.3) is 0 Å². The van der Waals surface area contributed by atoms with Gasteiger partial charge in [0.2, 0.25) is 0 Å². The van der Waals surface area contributed by atoms with Crippen LogP contribution >= 0.6 is 0 Å². The van der Waals surface area contributed by atoms with E-state index in [0.29, 0.717) is 24.7 Å². The van der Waals surface area contributed by atoms with Gasteiger partial charge >= 0.3 is 0 Å². The van der Waals surface area contributed by atoms with Crippen LogP contribution in [-0.2, 0) is 4.74 Å². The van der Waals surface area contributed by atoms with Crippen LogP contribution in [0.4, 0.5) is 5.82 Å². The number of nitrogens with zero attached hydrogens (tertiary/aromatic N) is 2. The zero-order valence-electron chi connectivity index (χ0n) is 11.3. The first-order valence-electron chi connectivity index (χ1n) is 5.92. The highest BCUT2D eigenvalue weighted by Crippen LogP contribution is 2.07. The Morgan fingerprint density at radius 1 is 1.39 bits per heavy atom. The van der Waals surface area contributed by atoms with Crippen LogP contribution in [-0.4, -0.2) is 41.9 Å². The van der Waals surface area contributed by atoms with Crippen molar-refractivity contribution >= 4 is 11.7 Å². The third-order valence-electron chi connectivity index (χ3n) is 2.36. The lowest BCUT2D eigenvalue weighted by Crippen LogP contribution is -2.40. The molecule has 0 saturated heterocycles. The summed E-state index contributed by atoms with van der Waals surface area (Å²) in [4.78, 5) is 11.8. The summed E-state index contributed by atoms with van der Waals surface area (Å²) in [6.45, 7) is 6.80. The Balaban J connectivity index is 2.54. The van der Waals surface area contributed by atoms with E-state index in [-0.39, 0.29) is 11.5 Å². The molecule has 0 aromatic carbocycles. The summed E-state index contributed by atoms with van der Waals surface area (Å²) in [5, 5.41) is 13.3. The third kappa shape index (κ3) is 4.29. The van der Waals surface area contributed by atoms with Crippen LogP contribution < -0.4 is 10.6 Å². The largest absolute Gasteiger partial charge is 0.374 e. The SMILES string of the molecule is CCOC(C)(C)CNC(=O)c1ccc(NC)nn1. The smallest absolute Gasteiger partial charge is 0.271 e. The molecule has 6 nitrogen and oxygen atoms in total. The molecule has 0 atom stereocenters. The Labute approximate surface area is 107 Å². The van der Waals surface area contributed by atoms with Gasteiger partial charge in [-0.25, -0.2) is 0 Å². The minimum absolute atomic E-state index is 0.252. The number of hydrogen-bond donors (Lipinski definition) is 2. The fourth-order valence-electron chi connectivity index (χ4n) is 1.41. The van der Waals surface area contributed by atoms with Crippen molar-refractivity contribution < 1.29 is 9.53 Å². The summed E-state index contributed by atoms with van der Waals surface area (Å²) >= 11 is 0. The van der Waals surface area contributed by atoms with Crippen molar-refractivity contribution in [3.63, 3.8) is 0 Å². The van der Waals surface area contributed by atoms with Gasteiger partial charge in [-0.2, -0.15) is 0 Å². The Hall–Kier alpha value is -1.69. The summed E-state index contributed by atoms with van der Waals surface area (Å²) in [5.74, 6) is 0.374. The second-order valence-corrected chi connectivity index (χ2v) is 4.43. The molecule has 2 N–H and O–H groups in total. The summed E-state index contributed by atoms with van der Waals surface area (Å²) in [6.07, 6.45) is 0. The lowest BCUT2D eigenvalue weighted by Gasteiger charge is -2.24. The van der Waals surface area contributed by atoms with Gasteiger partial charge in [-0.1, -0.05) is 0 Å². The number of carbonyl (C=O) groups excluding carboxylic acids is 1. The Morgan fingerprint density at radius 3 is 2.61 bits per heavy atom.